The van der Waals surface area contributed by atoms with Crippen LogP contribution in [0.2, 0.25) is 0 Å². The highest BCUT2D eigenvalue weighted by Gasteiger charge is 2.55. The van der Waals surface area contributed by atoms with Crippen molar-refractivity contribution in [3.8, 4) is 0 Å². The minimum absolute atomic E-state index is 0.110. The fraction of sp³-hybridized carbons (Fsp3) is 0.333. The number of primary amides is 1. The molecule has 2 aromatic rings. The number of pyridine rings is 1. The maximum Gasteiger partial charge on any atom is 0.352 e. The molecule has 0 aromatic carbocycles. The summed E-state index contributed by atoms with van der Waals surface area (Å²) >= 11 is 2.28. The maximum atomic E-state index is 13.3. The van der Waals surface area contributed by atoms with E-state index >= 15 is 0 Å². The van der Waals surface area contributed by atoms with Crippen LogP contribution in [-0.2, 0) is 30.5 Å². The average Bonchev–Trinajstić information content (AvgIpc) is 3.38. The molecule has 4 heterocycles. The second-order valence-electron chi connectivity index (χ2n) is 9.37. The van der Waals surface area contributed by atoms with Crippen LogP contribution in [0, 0.1) is 0 Å². The number of nitrogens with two attached hydrogens (primary N) is 3. The monoisotopic (exact) mass is 619 g/mol. The lowest BCUT2D eigenvalue weighted by atomic mass is 10.0. The Hall–Kier alpha value is -4.55. The number of β-lactam (4-membered cyclic amide) rings is 1. The van der Waals surface area contributed by atoms with E-state index in [0.717, 1.165) is 16.2 Å². The number of nitrogen functional groups attached to an aromatic ring is 1. The molecule has 4 atom stereocenters. The summed E-state index contributed by atoms with van der Waals surface area (Å²) in [6, 6.07) is -0.722. The van der Waals surface area contributed by atoms with Gasteiger partial charge in [0, 0.05) is 35.3 Å². The number of amides is 4. The molecule has 1 fully saturated rings. The summed E-state index contributed by atoms with van der Waals surface area (Å²) in [5, 5.41) is 24.8. The Bertz CT molecular complexity index is 1480. The normalized spacial score (nSPS) is 19.3. The van der Waals surface area contributed by atoms with Crippen molar-refractivity contribution >= 4 is 63.8 Å². The van der Waals surface area contributed by atoms with Gasteiger partial charge in [-0.25, -0.2) is 14.3 Å². The number of anilines is 1. The fourth-order valence-corrected chi connectivity index (χ4v) is 6.26. The van der Waals surface area contributed by atoms with Crippen LogP contribution in [0.1, 0.15) is 34.9 Å². The molecule has 4 amide bonds. The average molecular weight is 620 g/mol. The minimum Gasteiger partial charge on any atom is -0.480 e. The smallest absolute Gasteiger partial charge is 0.352 e. The van der Waals surface area contributed by atoms with E-state index in [9.17, 15) is 33.9 Å². The summed E-state index contributed by atoms with van der Waals surface area (Å²) in [4.78, 5) is 78.6. The molecule has 222 valence electrons. The molecule has 2 aromatic heterocycles. The van der Waals surface area contributed by atoms with Gasteiger partial charge in [0.2, 0.25) is 17.7 Å². The number of thiazole rings is 1. The second kappa shape index (κ2) is 12.5. The molecule has 10 N–H and O–H groups in total. The lowest BCUT2D eigenvalue weighted by Gasteiger charge is -2.49. The van der Waals surface area contributed by atoms with Crippen molar-refractivity contribution in [2.75, 3.05) is 11.5 Å². The van der Waals surface area contributed by atoms with E-state index in [2.05, 4.69) is 15.6 Å². The van der Waals surface area contributed by atoms with Crippen molar-refractivity contribution in [1.29, 1.82) is 0 Å². The molecule has 0 bridgehead atoms. The molecule has 4 rings (SSSR count). The zero-order valence-electron chi connectivity index (χ0n) is 21.8. The molecule has 0 spiro atoms. The first kappa shape index (κ1) is 30.4. The van der Waals surface area contributed by atoms with E-state index in [1.54, 1.807) is 17.0 Å². The first-order valence-corrected chi connectivity index (χ1v) is 14.3. The van der Waals surface area contributed by atoms with E-state index < -0.39 is 59.1 Å². The molecule has 0 saturated carbocycles. The number of nitrogens with one attached hydrogen (secondary N) is 2. The summed E-state index contributed by atoms with van der Waals surface area (Å²) < 4.78 is 1.64. The molecule has 2 aliphatic heterocycles. The van der Waals surface area contributed by atoms with Crippen molar-refractivity contribution in [2.45, 2.75) is 42.9 Å². The van der Waals surface area contributed by atoms with E-state index in [1.165, 1.54) is 29.3 Å². The number of hydrogen-bond donors (Lipinski definition) is 7. The standard InChI is InChI=1S/C24H26N8O8S2/c25-12(22(37)38)1-2-14(33)29-15(13-9-42-24(27)28-13)19(35)30-16-20(36)32-17(23(39)40)11(8-41-21(16)32)7-31-5-3-10(4-6-31)18(26)34/h3-6,9,12,15-16,21H,1-2,7-8,25H2,(H7-,26,27,28,29,30,33,34,35,37,38,39,40)/p+1/t12-,15+,16-,21+/m1/s1. The lowest BCUT2D eigenvalue weighted by Crippen LogP contribution is -2.71. The van der Waals surface area contributed by atoms with Gasteiger partial charge in [-0.3, -0.25) is 28.9 Å². The van der Waals surface area contributed by atoms with Crippen LogP contribution in [0.5, 0.6) is 0 Å². The highest BCUT2D eigenvalue weighted by molar-refractivity contribution is 8.00. The molecule has 0 unspecified atom stereocenters. The molecule has 0 radical (unpaired) electrons. The van der Waals surface area contributed by atoms with Gasteiger partial charge in [-0.2, -0.15) is 0 Å². The number of carboxylic acid groups (broad SMARTS) is 2. The third-order valence-corrected chi connectivity index (χ3v) is 8.53. The van der Waals surface area contributed by atoms with Gasteiger partial charge < -0.3 is 38.0 Å². The lowest BCUT2D eigenvalue weighted by molar-refractivity contribution is -0.689. The quantitative estimate of drug-likeness (QED) is 0.0995. The van der Waals surface area contributed by atoms with Gasteiger partial charge in [-0.15, -0.1) is 23.1 Å². The third kappa shape index (κ3) is 6.50. The van der Waals surface area contributed by atoms with E-state index in [4.69, 9.17) is 22.3 Å². The van der Waals surface area contributed by atoms with Crippen LogP contribution in [0.3, 0.4) is 0 Å². The van der Waals surface area contributed by atoms with Gasteiger partial charge in [0.05, 0.1) is 11.3 Å². The summed E-state index contributed by atoms with van der Waals surface area (Å²) in [5.74, 6) is -5.07. The molecule has 42 heavy (non-hydrogen) atoms. The number of carboxylic acids is 2. The van der Waals surface area contributed by atoms with Gasteiger partial charge in [0.15, 0.2) is 30.1 Å². The van der Waals surface area contributed by atoms with Crippen molar-refractivity contribution in [3.05, 3.63) is 52.4 Å². The number of carbonyl (C=O) groups is 6. The fourth-order valence-electron chi connectivity index (χ4n) is 4.34. The van der Waals surface area contributed by atoms with Gasteiger partial charge in [0.25, 0.3) is 5.91 Å². The SMILES string of the molecule is NC(=O)c1cc[n+](CC2=C(C(=O)O)N3C(=O)[C@@H](NC(=O)[C@@H](NC(=O)CC[C@@H](N)C(=O)O)c4csc(N)n4)[C@@H]3SC2)cc1. The number of aliphatic carboxylic acids is 2. The molecule has 18 heteroatoms. The van der Waals surface area contributed by atoms with Crippen LogP contribution < -0.4 is 32.4 Å². The number of rotatable bonds is 12. The summed E-state index contributed by atoms with van der Waals surface area (Å²) in [6.45, 7) is 0.131. The van der Waals surface area contributed by atoms with E-state index in [1.807, 2.05) is 0 Å². The first-order valence-electron chi connectivity index (χ1n) is 12.3. The Balaban J connectivity index is 1.48. The molecule has 0 aliphatic carbocycles. The number of nitrogens with zero attached hydrogens (tertiary/aromatic N) is 3. The van der Waals surface area contributed by atoms with Gasteiger partial charge in [0.1, 0.15) is 23.2 Å². The zero-order valence-corrected chi connectivity index (χ0v) is 23.4. The van der Waals surface area contributed by atoms with E-state index in [0.29, 0.717) is 5.57 Å². The topological polar surface area (TPSA) is 265 Å². The Morgan fingerprint density at radius 1 is 1.19 bits per heavy atom. The minimum atomic E-state index is -1.35. The van der Waals surface area contributed by atoms with E-state index in [-0.39, 0.29) is 47.2 Å². The van der Waals surface area contributed by atoms with Crippen LogP contribution >= 0.6 is 23.1 Å². The van der Waals surface area contributed by atoms with Crippen LogP contribution in [0.4, 0.5) is 5.13 Å². The number of fused-ring (bicyclic) bond motifs is 1. The van der Waals surface area contributed by atoms with Crippen LogP contribution in [-0.4, -0.2) is 78.9 Å². The van der Waals surface area contributed by atoms with Gasteiger partial charge >= 0.3 is 11.9 Å². The van der Waals surface area contributed by atoms with Crippen LogP contribution in [0.25, 0.3) is 0 Å². The van der Waals surface area contributed by atoms with Gasteiger partial charge in [-0.1, -0.05) is 0 Å². The Kier molecular flexibility index (Phi) is 9.08. The van der Waals surface area contributed by atoms with Crippen molar-refractivity contribution < 1.29 is 43.5 Å². The predicted molar refractivity (Wildman–Crippen MR) is 147 cm³/mol. The maximum absolute atomic E-state index is 13.3. The van der Waals surface area contributed by atoms with Crippen LogP contribution in [0.15, 0.2) is 41.2 Å². The predicted octanol–water partition coefficient (Wildman–Crippen LogP) is -2.10. The second-order valence-corrected chi connectivity index (χ2v) is 11.4. The van der Waals surface area contributed by atoms with Crippen molar-refractivity contribution in [1.82, 2.24) is 20.5 Å². The molecular weight excluding hydrogens is 592 g/mol. The largest absolute Gasteiger partial charge is 0.480 e. The summed E-state index contributed by atoms with van der Waals surface area (Å²) in [7, 11) is 0. The Labute approximate surface area is 245 Å². The number of hydrogen-bond acceptors (Lipinski definition) is 11. The molecule has 16 nitrogen and oxygen atoms in total. The number of carbonyl (C=O) groups excluding carboxylic acids is 4. The summed E-state index contributed by atoms with van der Waals surface area (Å²) in [6.07, 6.45) is 2.67. The zero-order chi connectivity index (χ0) is 30.7. The summed E-state index contributed by atoms with van der Waals surface area (Å²) in [5.41, 5.74) is 17.0. The Morgan fingerprint density at radius 2 is 1.88 bits per heavy atom. The van der Waals surface area contributed by atoms with Crippen molar-refractivity contribution in [2.24, 2.45) is 11.5 Å². The van der Waals surface area contributed by atoms with Crippen molar-refractivity contribution in [3.63, 3.8) is 0 Å². The molecule has 2 aliphatic rings. The Morgan fingerprint density at radius 3 is 2.45 bits per heavy atom. The molecule has 1 saturated heterocycles. The third-order valence-electron chi connectivity index (χ3n) is 6.50. The number of aromatic nitrogens is 2. The van der Waals surface area contributed by atoms with Gasteiger partial charge in [-0.05, 0) is 6.42 Å². The number of thioether (sulfide) groups is 1. The highest BCUT2D eigenvalue weighted by atomic mass is 32.2. The highest BCUT2D eigenvalue weighted by Crippen LogP contribution is 2.40. The molecular formula is C24H27N8O8S2+. The first-order chi connectivity index (χ1) is 19.9.